The van der Waals surface area contributed by atoms with Crippen LogP contribution in [0, 0.1) is 5.82 Å². The highest BCUT2D eigenvalue weighted by Gasteiger charge is 2.17. The van der Waals surface area contributed by atoms with Gasteiger partial charge in [-0.15, -0.1) is 0 Å². The number of H-pyrrole nitrogens is 1. The summed E-state index contributed by atoms with van der Waals surface area (Å²) in [5.74, 6) is -1.84. The van der Waals surface area contributed by atoms with Crippen molar-refractivity contribution in [1.82, 2.24) is 20.6 Å². The van der Waals surface area contributed by atoms with Gasteiger partial charge >= 0.3 is 0 Å². The summed E-state index contributed by atoms with van der Waals surface area (Å²) in [5, 5.41) is 5.15. The van der Waals surface area contributed by atoms with Crippen LogP contribution in [0.5, 0.6) is 0 Å². The van der Waals surface area contributed by atoms with E-state index in [1.54, 1.807) is 19.1 Å². The number of hydrogen-bond donors (Lipinski definition) is 3. The number of nitrogens with zero attached hydrogens (tertiary/aromatic N) is 1. The van der Waals surface area contributed by atoms with Crippen molar-refractivity contribution in [3.05, 3.63) is 87.9 Å². The van der Waals surface area contributed by atoms with E-state index in [0.717, 1.165) is 22.9 Å². The highest BCUT2D eigenvalue weighted by atomic mass is 19.1. The second-order valence-electron chi connectivity index (χ2n) is 7.01. The van der Waals surface area contributed by atoms with Gasteiger partial charge in [0.1, 0.15) is 17.7 Å². The van der Waals surface area contributed by atoms with Gasteiger partial charge in [0.05, 0.1) is 6.04 Å². The number of aldehydes is 1. The van der Waals surface area contributed by atoms with Crippen LogP contribution in [-0.4, -0.2) is 34.6 Å². The van der Waals surface area contributed by atoms with Crippen molar-refractivity contribution in [2.24, 2.45) is 0 Å². The van der Waals surface area contributed by atoms with E-state index in [-0.39, 0.29) is 30.2 Å². The lowest BCUT2D eigenvalue weighted by molar-refractivity contribution is -0.107. The lowest BCUT2D eigenvalue weighted by atomic mass is 10.0. The monoisotopic (exact) mass is 436 g/mol. The van der Waals surface area contributed by atoms with E-state index in [9.17, 15) is 23.6 Å². The molecule has 3 rings (SSSR count). The topological polar surface area (TPSA) is 121 Å². The maximum atomic E-state index is 13.1. The van der Waals surface area contributed by atoms with E-state index in [0.29, 0.717) is 6.29 Å². The van der Waals surface area contributed by atoms with E-state index < -0.39 is 23.4 Å². The molecule has 8 nitrogen and oxygen atoms in total. The summed E-state index contributed by atoms with van der Waals surface area (Å²) in [4.78, 5) is 53.0. The number of aromatic amines is 1. The van der Waals surface area contributed by atoms with Crippen LogP contribution in [0.3, 0.4) is 0 Å². The Morgan fingerprint density at radius 3 is 2.28 bits per heavy atom. The number of halogens is 1. The van der Waals surface area contributed by atoms with Crippen LogP contribution >= 0.6 is 0 Å². The molecule has 0 aliphatic rings. The third-order valence-electron chi connectivity index (χ3n) is 4.74. The van der Waals surface area contributed by atoms with Gasteiger partial charge in [-0.05, 0) is 35.7 Å². The van der Waals surface area contributed by atoms with Gasteiger partial charge in [-0.1, -0.05) is 36.4 Å². The summed E-state index contributed by atoms with van der Waals surface area (Å²) in [6.45, 7) is 1.88. The van der Waals surface area contributed by atoms with Gasteiger partial charge in [0, 0.05) is 19.2 Å². The largest absolute Gasteiger partial charge is 0.349 e. The molecule has 0 saturated carbocycles. The summed E-state index contributed by atoms with van der Waals surface area (Å²) in [6, 6.07) is 13.1. The predicted octanol–water partition coefficient (Wildman–Crippen LogP) is 2.39. The van der Waals surface area contributed by atoms with Gasteiger partial charge in [-0.25, -0.2) is 9.37 Å². The van der Waals surface area contributed by atoms with Gasteiger partial charge < -0.3 is 20.4 Å². The van der Waals surface area contributed by atoms with Crippen molar-refractivity contribution in [1.29, 1.82) is 0 Å². The van der Waals surface area contributed by atoms with Crippen LogP contribution < -0.4 is 16.2 Å². The summed E-state index contributed by atoms with van der Waals surface area (Å²) >= 11 is 0. The summed E-state index contributed by atoms with van der Waals surface area (Å²) in [7, 11) is 0. The van der Waals surface area contributed by atoms with Crippen LogP contribution in [0.1, 0.15) is 45.9 Å². The second-order valence-corrected chi connectivity index (χ2v) is 7.01. The smallest absolute Gasteiger partial charge is 0.287 e. The number of carbonyl (C=O) groups is 3. The minimum Gasteiger partial charge on any atom is -0.349 e. The standard InChI is InChI=1S/C23H21FN4O4/c1-14(15-3-5-16(6-4-15)17-7-9-18(24)10-8-17)27-21(30)19-13-26-20(28-22(19)31)23(32)25-11-2-12-29/h3-10,12-14H,2,11H2,1H3,(H,25,32)(H,27,30)(H,26,28,31). The van der Waals surface area contributed by atoms with Gasteiger partial charge in [0.25, 0.3) is 17.4 Å². The molecule has 0 fully saturated rings. The molecule has 32 heavy (non-hydrogen) atoms. The van der Waals surface area contributed by atoms with E-state index in [2.05, 4.69) is 20.6 Å². The molecular formula is C23H21FN4O4. The van der Waals surface area contributed by atoms with Crippen molar-refractivity contribution in [3.8, 4) is 11.1 Å². The highest BCUT2D eigenvalue weighted by Crippen LogP contribution is 2.22. The highest BCUT2D eigenvalue weighted by molar-refractivity contribution is 5.95. The maximum absolute atomic E-state index is 13.1. The molecule has 1 aromatic heterocycles. The molecule has 2 amide bonds. The third kappa shape index (κ3) is 5.51. The van der Waals surface area contributed by atoms with E-state index in [1.807, 2.05) is 24.3 Å². The molecule has 0 aliphatic carbocycles. The zero-order valence-corrected chi connectivity index (χ0v) is 17.2. The van der Waals surface area contributed by atoms with Gasteiger partial charge in [-0.3, -0.25) is 14.4 Å². The van der Waals surface area contributed by atoms with Crippen LogP contribution in [0.4, 0.5) is 4.39 Å². The molecule has 0 bridgehead atoms. The Morgan fingerprint density at radius 2 is 1.69 bits per heavy atom. The Morgan fingerprint density at radius 1 is 1.06 bits per heavy atom. The number of aromatic nitrogens is 2. The quantitative estimate of drug-likeness (QED) is 0.370. The number of nitrogens with one attached hydrogen (secondary N) is 3. The number of hydrogen-bond acceptors (Lipinski definition) is 5. The molecule has 1 unspecified atom stereocenters. The van der Waals surface area contributed by atoms with Crippen LogP contribution in [-0.2, 0) is 4.79 Å². The first-order chi connectivity index (χ1) is 15.4. The third-order valence-corrected chi connectivity index (χ3v) is 4.74. The molecule has 0 saturated heterocycles. The SMILES string of the molecule is CC(NC(=O)c1cnc(C(=O)NCCC=O)[nH]c1=O)c1ccc(-c2ccc(F)cc2)cc1. The van der Waals surface area contributed by atoms with E-state index in [1.165, 1.54) is 12.1 Å². The van der Waals surface area contributed by atoms with Crippen molar-refractivity contribution < 1.29 is 18.8 Å². The van der Waals surface area contributed by atoms with Crippen LogP contribution in [0.15, 0.2) is 59.5 Å². The van der Waals surface area contributed by atoms with Gasteiger partial charge in [-0.2, -0.15) is 0 Å². The van der Waals surface area contributed by atoms with E-state index in [4.69, 9.17) is 0 Å². The summed E-state index contributed by atoms with van der Waals surface area (Å²) < 4.78 is 13.1. The minimum absolute atomic E-state index is 0.117. The van der Waals surface area contributed by atoms with Gasteiger partial charge in [0.15, 0.2) is 5.82 Å². The van der Waals surface area contributed by atoms with Crippen LogP contribution in [0.25, 0.3) is 11.1 Å². The average Bonchev–Trinajstić information content (AvgIpc) is 2.79. The molecule has 2 aromatic carbocycles. The first-order valence-electron chi connectivity index (χ1n) is 9.87. The normalized spacial score (nSPS) is 11.4. The molecule has 3 aromatic rings. The molecule has 9 heteroatoms. The van der Waals surface area contributed by atoms with Crippen molar-refractivity contribution in [2.75, 3.05) is 6.54 Å². The second kappa shape index (κ2) is 10.3. The lowest BCUT2D eigenvalue weighted by Crippen LogP contribution is -2.34. The fraction of sp³-hybridized carbons (Fsp3) is 0.174. The van der Waals surface area contributed by atoms with Crippen molar-refractivity contribution in [3.63, 3.8) is 0 Å². The molecular weight excluding hydrogens is 415 g/mol. The van der Waals surface area contributed by atoms with Crippen LogP contribution in [0.2, 0.25) is 0 Å². The number of benzene rings is 2. The Labute approximate surface area is 182 Å². The number of amides is 2. The molecule has 1 heterocycles. The number of carbonyl (C=O) groups excluding carboxylic acids is 3. The fourth-order valence-corrected chi connectivity index (χ4v) is 2.96. The minimum atomic E-state index is -0.753. The first-order valence-corrected chi connectivity index (χ1v) is 9.87. The Bertz CT molecular complexity index is 1170. The Hall–Kier alpha value is -4.14. The fourth-order valence-electron chi connectivity index (χ4n) is 2.96. The maximum Gasteiger partial charge on any atom is 0.287 e. The summed E-state index contributed by atoms with van der Waals surface area (Å²) in [5.41, 5.74) is 1.58. The molecule has 0 spiro atoms. The molecule has 0 radical (unpaired) electrons. The molecule has 164 valence electrons. The molecule has 0 aliphatic heterocycles. The molecule has 3 N–H and O–H groups in total. The Kier molecular flexibility index (Phi) is 7.22. The van der Waals surface area contributed by atoms with Crippen molar-refractivity contribution >= 4 is 18.1 Å². The zero-order valence-electron chi connectivity index (χ0n) is 17.2. The van der Waals surface area contributed by atoms with Crippen molar-refractivity contribution in [2.45, 2.75) is 19.4 Å². The predicted molar refractivity (Wildman–Crippen MR) is 116 cm³/mol. The number of rotatable bonds is 8. The zero-order chi connectivity index (χ0) is 23.1. The molecule has 1 atom stereocenters. The van der Waals surface area contributed by atoms with E-state index >= 15 is 0 Å². The first kappa shape index (κ1) is 22.5. The van der Waals surface area contributed by atoms with Gasteiger partial charge in [0.2, 0.25) is 0 Å². The summed E-state index contributed by atoms with van der Waals surface area (Å²) in [6.07, 6.45) is 1.83. The average molecular weight is 436 g/mol. The Balaban J connectivity index is 1.66. The lowest BCUT2D eigenvalue weighted by Gasteiger charge is -2.15.